The number of phenols is 1. The van der Waals surface area contributed by atoms with Gasteiger partial charge in [-0.1, -0.05) is 31.2 Å². The second-order valence-corrected chi connectivity index (χ2v) is 6.72. The summed E-state index contributed by atoms with van der Waals surface area (Å²) in [6, 6.07) is 14.4. The molecule has 1 aliphatic heterocycles. The van der Waals surface area contributed by atoms with Crippen molar-refractivity contribution in [2.24, 2.45) is 0 Å². The number of hydrogen-bond donors (Lipinski definition) is 1. The van der Waals surface area contributed by atoms with Crippen molar-refractivity contribution in [1.82, 2.24) is 9.80 Å². The van der Waals surface area contributed by atoms with Gasteiger partial charge in [-0.3, -0.25) is 9.80 Å². The maximum Gasteiger partial charge on any atom is 0.120 e. The van der Waals surface area contributed by atoms with E-state index >= 15 is 0 Å². The predicted octanol–water partition coefficient (Wildman–Crippen LogP) is 3.28. The second kappa shape index (κ2) is 8.37. The third-order valence-electron chi connectivity index (χ3n) is 4.98. The standard InChI is InChI=1S/C21H28N2O2/c1-3-17-4-6-18(7-5-17)15-22-10-12-23(13-11-22)16-19-14-20(25-2)8-9-21(19)24/h4-9,14,24H,3,10-13,15-16H2,1-2H3. The van der Waals surface area contributed by atoms with Crippen LogP contribution in [0.2, 0.25) is 0 Å². The molecule has 1 heterocycles. The van der Waals surface area contributed by atoms with E-state index in [1.165, 1.54) is 11.1 Å². The first-order valence-electron chi connectivity index (χ1n) is 9.06. The molecule has 0 aliphatic carbocycles. The fourth-order valence-corrected chi connectivity index (χ4v) is 3.30. The molecule has 0 radical (unpaired) electrons. The highest BCUT2D eigenvalue weighted by Gasteiger charge is 2.18. The molecule has 1 N–H and O–H groups in total. The second-order valence-electron chi connectivity index (χ2n) is 6.72. The molecule has 0 bridgehead atoms. The van der Waals surface area contributed by atoms with Gasteiger partial charge in [0, 0.05) is 44.8 Å². The van der Waals surface area contributed by atoms with Gasteiger partial charge in [0.2, 0.25) is 0 Å². The summed E-state index contributed by atoms with van der Waals surface area (Å²) in [6.07, 6.45) is 1.09. The number of ether oxygens (including phenoxy) is 1. The van der Waals surface area contributed by atoms with Crippen LogP contribution in [-0.2, 0) is 19.5 Å². The van der Waals surface area contributed by atoms with E-state index in [-0.39, 0.29) is 0 Å². The summed E-state index contributed by atoms with van der Waals surface area (Å²) in [4.78, 5) is 4.90. The van der Waals surface area contributed by atoms with Crippen LogP contribution in [0.3, 0.4) is 0 Å². The number of nitrogens with zero attached hydrogens (tertiary/aromatic N) is 2. The minimum absolute atomic E-state index is 0.347. The van der Waals surface area contributed by atoms with Gasteiger partial charge >= 0.3 is 0 Å². The summed E-state index contributed by atoms with van der Waals surface area (Å²) in [7, 11) is 1.65. The maximum atomic E-state index is 10.1. The highest BCUT2D eigenvalue weighted by Crippen LogP contribution is 2.24. The molecular weight excluding hydrogens is 312 g/mol. The molecule has 0 saturated carbocycles. The number of aromatic hydroxyl groups is 1. The number of benzene rings is 2. The Kier molecular flexibility index (Phi) is 5.95. The number of phenolic OH excluding ortho intramolecular Hbond substituents is 1. The number of hydrogen-bond acceptors (Lipinski definition) is 4. The van der Waals surface area contributed by atoms with E-state index in [0.29, 0.717) is 5.75 Å². The highest BCUT2D eigenvalue weighted by molar-refractivity contribution is 5.39. The zero-order valence-corrected chi connectivity index (χ0v) is 15.2. The average molecular weight is 340 g/mol. The topological polar surface area (TPSA) is 35.9 Å². The fourth-order valence-electron chi connectivity index (χ4n) is 3.30. The lowest BCUT2D eigenvalue weighted by Crippen LogP contribution is -2.45. The molecule has 0 atom stereocenters. The smallest absolute Gasteiger partial charge is 0.120 e. The minimum atomic E-state index is 0.347. The number of rotatable bonds is 6. The third kappa shape index (κ3) is 4.74. The zero-order valence-electron chi connectivity index (χ0n) is 15.2. The van der Waals surface area contributed by atoms with Crippen molar-refractivity contribution < 1.29 is 9.84 Å². The normalized spacial score (nSPS) is 16.1. The Morgan fingerprint density at radius 3 is 2.08 bits per heavy atom. The van der Waals surface area contributed by atoms with Crippen LogP contribution >= 0.6 is 0 Å². The molecule has 0 aromatic heterocycles. The molecule has 25 heavy (non-hydrogen) atoms. The lowest BCUT2D eigenvalue weighted by molar-refractivity contribution is 0.121. The monoisotopic (exact) mass is 340 g/mol. The molecule has 2 aromatic rings. The summed E-state index contributed by atoms with van der Waals surface area (Å²) >= 11 is 0. The first kappa shape index (κ1) is 17.8. The van der Waals surface area contributed by atoms with E-state index in [0.717, 1.165) is 57.0 Å². The van der Waals surface area contributed by atoms with Crippen LogP contribution in [0.15, 0.2) is 42.5 Å². The largest absolute Gasteiger partial charge is 0.508 e. The summed E-state index contributed by atoms with van der Waals surface area (Å²) < 4.78 is 5.26. The first-order chi connectivity index (χ1) is 12.2. The average Bonchev–Trinajstić information content (AvgIpc) is 2.66. The lowest BCUT2D eigenvalue weighted by Gasteiger charge is -2.34. The molecule has 0 amide bonds. The van der Waals surface area contributed by atoms with Gasteiger partial charge in [0.15, 0.2) is 0 Å². The first-order valence-corrected chi connectivity index (χ1v) is 9.06. The summed E-state index contributed by atoms with van der Waals surface area (Å²) in [5.41, 5.74) is 3.71. The van der Waals surface area contributed by atoms with E-state index in [9.17, 15) is 5.11 Å². The van der Waals surface area contributed by atoms with Crippen LogP contribution in [-0.4, -0.2) is 48.2 Å². The highest BCUT2D eigenvalue weighted by atomic mass is 16.5. The molecule has 0 spiro atoms. The molecule has 0 unspecified atom stereocenters. The van der Waals surface area contributed by atoms with Gasteiger partial charge in [-0.25, -0.2) is 0 Å². The Bertz CT molecular complexity index is 677. The molecule has 134 valence electrons. The Morgan fingerprint density at radius 2 is 1.48 bits per heavy atom. The van der Waals surface area contributed by atoms with Gasteiger partial charge in [-0.15, -0.1) is 0 Å². The van der Waals surface area contributed by atoms with E-state index in [1.54, 1.807) is 19.2 Å². The Morgan fingerprint density at radius 1 is 0.880 bits per heavy atom. The summed E-state index contributed by atoms with van der Waals surface area (Å²) in [5, 5.41) is 10.1. The van der Waals surface area contributed by atoms with E-state index in [2.05, 4.69) is 41.0 Å². The quantitative estimate of drug-likeness (QED) is 0.875. The Hall–Kier alpha value is -2.04. The van der Waals surface area contributed by atoms with E-state index in [4.69, 9.17) is 4.74 Å². The zero-order chi connectivity index (χ0) is 17.6. The van der Waals surface area contributed by atoms with Crippen molar-refractivity contribution >= 4 is 0 Å². The van der Waals surface area contributed by atoms with Gasteiger partial charge in [-0.05, 0) is 35.7 Å². The van der Waals surface area contributed by atoms with Crippen molar-refractivity contribution in [3.8, 4) is 11.5 Å². The number of methoxy groups -OCH3 is 1. The van der Waals surface area contributed by atoms with Crippen molar-refractivity contribution in [1.29, 1.82) is 0 Å². The molecule has 4 heteroatoms. The van der Waals surface area contributed by atoms with Gasteiger partial charge in [0.05, 0.1) is 7.11 Å². The molecule has 1 saturated heterocycles. The summed E-state index contributed by atoms with van der Waals surface area (Å²) in [5.74, 6) is 1.14. The lowest BCUT2D eigenvalue weighted by atomic mass is 10.1. The maximum absolute atomic E-state index is 10.1. The third-order valence-corrected chi connectivity index (χ3v) is 4.98. The van der Waals surface area contributed by atoms with Crippen LogP contribution in [0.1, 0.15) is 23.6 Å². The molecule has 3 rings (SSSR count). The van der Waals surface area contributed by atoms with Gasteiger partial charge in [-0.2, -0.15) is 0 Å². The van der Waals surface area contributed by atoms with E-state index in [1.807, 2.05) is 6.07 Å². The van der Waals surface area contributed by atoms with Crippen molar-refractivity contribution in [3.63, 3.8) is 0 Å². The van der Waals surface area contributed by atoms with Crippen LogP contribution in [0.4, 0.5) is 0 Å². The number of piperazine rings is 1. The molecular formula is C21H28N2O2. The fraction of sp³-hybridized carbons (Fsp3) is 0.429. The van der Waals surface area contributed by atoms with Gasteiger partial charge in [0.1, 0.15) is 11.5 Å². The molecule has 1 aliphatic rings. The Balaban J connectivity index is 1.51. The summed E-state index contributed by atoms with van der Waals surface area (Å²) in [6.45, 7) is 8.12. The van der Waals surface area contributed by atoms with Crippen LogP contribution in [0.5, 0.6) is 11.5 Å². The van der Waals surface area contributed by atoms with Crippen molar-refractivity contribution in [2.75, 3.05) is 33.3 Å². The molecule has 1 fully saturated rings. The molecule has 4 nitrogen and oxygen atoms in total. The van der Waals surface area contributed by atoms with Crippen LogP contribution in [0, 0.1) is 0 Å². The molecule has 2 aromatic carbocycles. The number of aryl methyl sites for hydroxylation is 1. The van der Waals surface area contributed by atoms with Crippen molar-refractivity contribution in [3.05, 3.63) is 59.2 Å². The van der Waals surface area contributed by atoms with Crippen LogP contribution in [0.25, 0.3) is 0 Å². The van der Waals surface area contributed by atoms with Crippen LogP contribution < -0.4 is 4.74 Å². The van der Waals surface area contributed by atoms with E-state index < -0.39 is 0 Å². The van der Waals surface area contributed by atoms with Crippen molar-refractivity contribution in [2.45, 2.75) is 26.4 Å². The van der Waals surface area contributed by atoms with Gasteiger partial charge in [0.25, 0.3) is 0 Å². The minimum Gasteiger partial charge on any atom is -0.508 e. The Labute approximate surface area is 150 Å². The predicted molar refractivity (Wildman–Crippen MR) is 101 cm³/mol. The van der Waals surface area contributed by atoms with Gasteiger partial charge < -0.3 is 9.84 Å². The SMILES string of the molecule is CCc1ccc(CN2CCN(Cc3cc(OC)ccc3O)CC2)cc1.